The van der Waals surface area contributed by atoms with Gasteiger partial charge in [-0.3, -0.25) is 0 Å². The van der Waals surface area contributed by atoms with Crippen LogP contribution in [0.1, 0.15) is 18.2 Å². The highest BCUT2D eigenvalue weighted by Crippen LogP contribution is 2.25. The van der Waals surface area contributed by atoms with E-state index < -0.39 is 0 Å². The summed E-state index contributed by atoms with van der Waals surface area (Å²) in [5, 5.41) is 12.8. The van der Waals surface area contributed by atoms with E-state index in [4.69, 9.17) is 9.52 Å². The van der Waals surface area contributed by atoms with Crippen LogP contribution in [0.3, 0.4) is 0 Å². The molecule has 1 heterocycles. The number of benzene rings is 1. The molecule has 1 unspecified atom stereocenters. The Morgan fingerprint density at radius 1 is 1.47 bits per heavy atom. The zero-order valence-electron chi connectivity index (χ0n) is 9.96. The molecule has 1 atom stereocenters. The van der Waals surface area contributed by atoms with Crippen molar-refractivity contribution in [3.63, 3.8) is 0 Å². The molecule has 2 aromatic rings. The van der Waals surface area contributed by atoms with Crippen molar-refractivity contribution < 1.29 is 13.9 Å². The van der Waals surface area contributed by atoms with Crippen LogP contribution in [0.2, 0.25) is 0 Å². The van der Waals surface area contributed by atoms with Gasteiger partial charge in [0.1, 0.15) is 17.2 Å². The third kappa shape index (κ3) is 2.48. The number of fused-ring (bicyclic) bond motifs is 1. The van der Waals surface area contributed by atoms with Crippen molar-refractivity contribution in [3.05, 3.63) is 35.3 Å². The van der Waals surface area contributed by atoms with E-state index in [9.17, 15) is 4.39 Å². The van der Waals surface area contributed by atoms with Crippen LogP contribution < -0.4 is 5.32 Å². The lowest BCUT2D eigenvalue weighted by molar-refractivity contribution is 0.248. The topological polar surface area (TPSA) is 45.4 Å². The second-order valence-electron chi connectivity index (χ2n) is 4.26. The average Bonchev–Trinajstić information content (AvgIpc) is 2.63. The minimum absolute atomic E-state index is 0.0133. The Balaban J connectivity index is 2.26. The summed E-state index contributed by atoms with van der Waals surface area (Å²) >= 11 is 0. The standard InChI is InChI=1S/C13H16FNO2/c1-8(7-16)15-6-13-9(2)11-5-10(14)3-4-12(11)17-13/h3-5,8,15-16H,6-7H2,1-2H3. The quantitative estimate of drug-likeness (QED) is 0.858. The van der Waals surface area contributed by atoms with E-state index in [2.05, 4.69) is 5.32 Å². The zero-order chi connectivity index (χ0) is 12.4. The van der Waals surface area contributed by atoms with Gasteiger partial charge in [-0.2, -0.15) is 0 Å². The van der Waals surface area contributed by atoms with Gasteiger partial charge in [0.2, 0.25) is 0 Å². The highest BCUT2D eigenvalue weighted by atomic mass is 19.1. The van der Waals surface area contributed by atoms with E-state index in [1.54, 1.807) is 6.07 Å². The maximum Gasteiger partial charge on any atom is 0.134 e. The maximum absolute atomic E-state index is 13.1. The SMILES string of the molecule is Cc1c(CNC(C)CO)oc2ccc(F)cc12. The lowest BCUT2D eigenvalue weighted by Gasteiger charge is -2.08. The molecule has 0 saturated carbocycles. The summed E-state index contributed by atoms with van der Waals surface area (Å²) < 4.78 is 18.7. The van der Waals surface area contributed by atoms with Crippen molar-refractivity contribution in [1.29, 1.82) is 0 Å². The predicted molar refractivity (Wildman–Crippen MR) is 64.3 cm³/mol. The molecule has 2 rings (SSSR count). The van der Waals surface area contributed by atoms with Crippen molar-refractivity contribution in [3.8, 4) is 0 Å². The molecular formula is C13H16FNO2. The fourth-order valence-electron chi connectivity index (χ4n) is 1.74. The molecule has 4 heteroatoms. The fourth-order valence-corrected chi connectivity index (χ4v) is 1.74. The van der Waals surface area contributed by atoms with Gasteiger partial charge in [-0.15, -0.1) is 0 Å². The highest BCUT2D eigenvalue weighted by Gasteiger charge is 2.11. The predicted octanol–water partition coefficient (Wildman–Crippen LogP) is 2.35. The van der Waals surface area contributed by atoms with E-state index in [1.165, 1.54) is 12.1 Å². The smallest absolute Gasteiger partial charge is 0.134 e. The average molecular weight is 237 g/mol. The van der Waals surface area contributed by atoms with E-state index in [0.717, 1.165) is 16.7 Å². The fraction of sp³-hybridized carbons (Fsp3) is 0.385. The molecule has 0 saturated heterocycles. The maximum atomic E-state index is 13.1. The Morgan fingerprint density at radius 2 is 2.24 bits per heavy atom. The van der Waals surface area contributed by atoms with E-state index in [-0.39, 0.29) is 18.5 Å². The Kier molecular flexibility index (Phi) is 3.45. The summed E-state index contributed by atoms with van der Waals surface area (Å²) in [7, 11) is 0. The molecule has 0 spiro atoms. The second-order valence-corrected chi connectivity index (χ2v) is 4.26. The monoisotopic (exact) mass is 237 g/mol. The first-order chi connectivity index (χ1) is 8.11. The molecule has 17 heavy (non-hydrogen) atoms. The molecule has 0 aliphatic heterocycles. The molecule has 2 N–H and O–H groups in total. The van der Waals surface area contributed by atoms with Gasteiger partial charge in [0.15, 0.2) is 0 Å². The lowest BCUT2D eigenvalue weighted by Crippen LogP contribution is -2.28. The first kappa shape index (κ1) is 12.1. The summed E-state index contributed by atoms with van der Waals surface area (Å²) in [5.41, 5.74) is 1.63. The van der Waals surface area contributed by atoms with E-state index in [1.807, 2.05) is 13.8 Å². The Morgan fingerprint density at radius 3 is 2.94 bits per heavy atom. The van der Waals surface area contributed by atoms with Gasteiger partial charge < -0.3 is 14.8 Å². The molecular weight excluding hydrogens is 221 g/mol. The number of aliphatic hydroxyl groups excluding tert-OH is 1. The third-order valence-corrected chi connectivity index (χ3v) is 2.88. The van der Waals surface area contributed by atoms with Gasteiger partial charge in [0.25, 0.3) is 0 Å². The first-order valence-corrected chi connectivity index (χ1v) is 5.63. The van der Waals surface area contributed by atoms with Gasteiger partial charge in [-0.25, -0.2) is 4.39 Å². The molecule has 92 valence electrons. The molecule has 0 amide bonds. The van der Waals surface area contributed by atoms with Gasteiger partial charge in [-0.05, 0) is 37.6 Å². The van der Waals surface area contributed by atoms with Crippen molar-refractivity contribution in [2.45, 2.75) is 26.4 Å². The largest absolute Gasteiger partial charge is 0.459 e. The Hall–Kier alpha value is -1.39. The van der Waals surface area contributed by atoms with Gasteiger partial charge in [0, 0.05) is 11.4 Å². The summed E-state index contributed by atoms with van der Waals surface area (Å²) in [6.45, 7) is 4.40. The van der Waals surface area contributed by atoms with Crippen molar-refractivity contribution in [1.82, 2.24) is 5.32 Å². The van der Waals surface area contributed by atoms with Crippen LogP contribution >= 0.6 is 0 Å². The van der Waals surface area contributed by atoms with Crippen LogP contribution in [-0.4, -0.2) is 17.8 Å². The number of rotatable bonds is 4. The first-order valence-electron chi connectivity index (χ1n) is 5.63. The number of nitrogens with one attached hydrogen (secondary N) is 1. The third-order valence-electron chi connectivity index (χ3n) is 2.88. The number of halogens is 1. The molecule has 0 radical (unpaired) electrons. The summed E-state index contributed by atoms with van der Waals surface area (Å²) in [6.07, 6.45) is 0. The zero-order valence-corrected chi connectivity index (χ0v) is 9.96. The van der Waals surface area contributed by atoms with Crippen LogP contribution in [-0.2, 0) is 6.54 Å². The second kappa shape index (κ2) is 4.85. The van der Waals surface area contributed by atoms with Crippen molar-refractivity contribution in [2.75, 3.05) is 6.61 Å². The highest BCUT2D eigenvalue weighted by molar-refractivity contribution is 5.82. The lowest BCUT2D eigenvalue weighted by atomic mass is 10.1. The number of hydrogen-bond acceptors (Lipinski definition) is 3. The van der Waals surface area contributed by atoms with Gasteiger partial charge >= 0.3 is 0 Å². The molecule has 1 aromatic carbocycles. The molecule has 0 bridgehead atoms. The number of furan rings is 1. The van der Waals surface area contributed by atoms with E-state index >= 15 is 0 Å². The molecule has 0 aliphatic rings. The van der Waals surface area contributed by atoms with E-state index in [0.29, 0.717) is 12.1 Å². The van der Waals surface area contributed by atoms with Crippen LogP contribution in [0.5, 0.6) is 0 Å². The number of hydrogen-bond donors (Lipinski definition) is 2. The molecule has 3 nitrogen and oxygen atoms in total. The summed E-state index contributed by atoms with van der Waals surface area (Å²) in [4.78, 5) is 0. The van der Waals surface area contributed by atoms with Gasteiger partial charge in [-0.1, -0.05) is 0 Å². The van der Waals surface area contributed by atoms with Crippen LogP contribution in [0.4, 0.5) is 4.39 Å². The van der Waals surface area contributed by atoms with Crippen LogP contribution in [0.15, 0.2) is 22.6 Å². The molecule has 1 aromatic heterocycles. The molecule has 0 aliphatic carbocycles. The van der Waals surface area contributed by atoms with Crippen LogP contribution in [0.25, 0.3) is 11.0 Å². The number of aryl methyl sites for hydroxylation is 1. The minimum atomic E-state index is -0.260. The minimum Gasteiger partial charge on any atom is -0.459 e. The van der Waals surface area contributed by atoms with Crippen molar-refractivity contribution >= 4 is 11.0 Å². The van der Waals surface area contributed by atoms with Gasteiger partial charge in [0.05, 0.1) is 13.2 Å². The number of aliphatic hydroxyl groups is 1. The summed E-state index contributed by atoms with van der Waals surface area (Å²) in [5.74, 6) is 0.524. The molecule has 0 fully saturated rings. The summed E-state index contributed by atoms with van der Waals surface area (Å²) in [6, 6.07) is 4.52. The Bertz CT molecular complexity index is 521. The normalized spacial score (nSPS) is 13.2. The van der Waals surface area contributed by atoms with Crippen LogP contribution in [0, 0.1) is 12.7 Å². The van der Waals surface area contributed by atoms with Crippen molar-refractivity contribution in [2.24, 2.45) is 0 Å². The Labute approximate surface area is 99.2 Å².